The number of thioether (sulfide) groups is 1. The van der Waals surface area contributed by atoms with Crippen LogP contribution < -0.4 is 5.32 Å². The Morgan fingerprint density at radius 1 is 1.37 bits per heavy atom. The lowest BCUT2D eigenvalue weighted by atomic mass is 9.87. The fourth-order valence-electron chi connectivity index (χ4n) is 2.05. The molecule has 5 nitrogen and oxygen atoms in total. The first-order valence-electron chi connectivity index (χ1n) is 6.80. The molecular weight excluding hydrogens is 264 g/mol. The minimum atomic E-state index is -0.779. The number of urea groups is 1. The largest absolute Gasteiger partial charge is 0.481 e. The van der Waals surface area contributed by atoms with E-state index < -0.39 is 5.97 Å². The maximum absolute atomic E-state index is 11.7. The Morgan fingerprint density at radius 2 is 2.05 bits per heavy atom. The summed E-state index contributed by atoms with van der Waals surface area (Å²) < 4.78 is 0. The van der Waals surface area contributed by atoms with Crippen molar-refractivity contribution in [3.63, 3.8) is 0 Å². The number of likely N-dealkylation sites (tertiary alicyclic amines) is 1. The number of amides is 2. The van der Waals surface area contributed by atoms with E-state index in [0.29, 0.717) is 19.6 Å². The van der Waals surface area contributed by atoms with Crippen molar-refractivity contribution in [2.24, 2.45) is 11.8 Å². The normalized spacial score (nSPS) is 16.8. The van der Waals surface area contributed by atoms with Crippen LogP contribution in [-0.2, 0) is 4.79 Å². The fourth-order valence-corrected chi connectivity index (χ4v) is 2.54. The van der Waals surface area contributed by atoms with Crippen LogP contribution in [0.25, 0.3) is 0 Å². The molecule has 1 heterocycles. The van der Waals surface area contributed by atoms with E-state index in [9.17, 15) is 9.59 Å². The zero-order chi connectivity index (χ0) is 14.3. The summed E-state index contributed by atoms with van der Waals surface area (Å²) in [6, 6.07) is -0.0568. The van der Waals surface area contributed by atoms with Crippen molar-refractivity contribution in [3.05, 3.63) is 0 Å². The number of hydrogen-bond donors (Lipinski definition) is 2. The summed E-state index contributed by atoms with van der Waals surface area (Å²) >= 11 is 1.85. The van der Waals surface area contributed by atoms with Gasteiger partial charge in [-0.25, -0.2) is 4.79 Å². The third-order valence-electron chi connectivity index (χ3n) is 3.60. The zero-order valence-corrected chi connectivity index (χ0v) is 12.5. The summed E-state index contributed by atoms with van der Waals surface area (Å²) in [6.45, 7) is 3.54. The van der Waals surface area contributed by atoms with Gasteiger partial charge in [-0.05, 0) is 24.9 Å². The lowest BCUT2D eigenvalue weighted by molar-refractivity contribution is -0.144. The van der Waals surface area contributed by atoms with E-state index in [1.807, 2.05) is 11.8 Å². The molecular formula is C13H24N2O3S. The zero-order valence-electron chi connectivity index (χ0n) is 11.7. The average Bonchev–Trinajstić information content (AvgIpc) is 2.31. The van der Waals surface area contributed by atoms with Gasteiger partial charge in [-0.2, -0.15) is 11.8 Å². The summed E-state index contributed by atoms with van der Waals surface area (Å²) in [4.78, 5) is 24.2. The molecule has 0 saturated carbocycles. The first kappa shape index (κ1) is 16.1. The van der Waals surface area contributed by atoms with Gasteiger partial charge in [-0.15, -0.1) is 0 Å². The Bertz CT molecular complexity index is 306. The van der Waals surface area contributed by atoms with Gasteiger partial charge in [0.1, 0.15) is 0 Å². The Kier molecular flexibility index (Phi) is 7.05. The smallest absolute Gasteiger partial charge is 0.317 e. The van der Waals surface area contributed by atoms with E-state index in [0.717, 1.165) is 12.8 Å². The van der Waals surface area contributed by atoms with Crippen LogP contribution in [0.15, 0.2) is 0 Å². The average molecular weight is 288 g/mol. The van der Waals surface area contributed by atoms with E-state index in [2.05, 4.69) is 11.6 Å². The molecule has 1 fully saturated rings. The minimum Gasteiger partial charge on any atom is -0.481 e. The summed E-state index contributed by atoms with van der Waals surface area (Å²) in [7, 11) is 0. The van der Waals surface area contributed by atoms with Gasteiger partial charge in [0.15, 0.2) is 0 Å². The number of rotatable bonds is 8. The molecule has 0 aliphatic carbocycles. The lowest BCUT2D eigenvalue weighted by Crippen LogP contribution is -2.56. The van der Waals surface area contributed by atoms with Crippen molar-refractivity contribution in [2.75, 3.05) is 31.6 Å². The first-order valence-corrected chi connectivity index (χ1v) is 8.20. The number of aliphatic carboxylic acids is 1. The van der Waals surface area contributed by atoms with Gasteiger partial charge in [-0.3, -0.25) is 4.79 Å². The van der Waals surface area contributed by atoms with Crippen molar-refractivity contribution in [1.82, 2.24) is 10.2 Å². The molecule has 0 bridgehead atoms. The standard InChI is InChI=1S/C13H24N2O3S/c1-10(12(16)17)11-8-15(9-11)13(18)14-6-4-3-5-7-19-2/h10-11H,3-9H2,1-2H3,(H,14,18)(H,16,17). The summed E-state index contributed by atoms with van der Waals surface area (Å²) in [5, 5.41) is 11.7. The van der Waals surface area contributed by atoms with Crippen LogP contribution in [0.1, 0.15) is 26.2 Å². The van der Waals surface area contributed by atoms with E-state index in [4.69, 9.17) is 5.11 Å². The molecule has 1 saturated heterocycles. The van der Waals surface area contributed by atoms with Crippen molar-refractivity contribution in [3.8, 4) is 0 Å². The van der Waals surface area contributed by atoms with Crippen molar-refractivity contribution < 1.29 is 14.7 Å². The molecule has 0 aromatic heterocycles. The summed E-state index contributed by atoms with van der Waals surface area (Å²) in [6.07, 6.45) is 5.44. The Labute approximate surface area is 119 Å². The van der Waals surface area contributed by atoms with Gasteiger partial charge in [-0.1, -0.05) is 13.3 Å². The molecule has 19 heavy (non-hydrogen) atoms. The molecule has 1 aliphatic heterocycles. The van der Waals surface area contributed by atoms with Crippen LogP contribution in [0.3, 0.4) is 0 Å². The minimum absolute atomic E-state index is 0.0568. The van der Waals surface area contributed by atoms with Crippen molar-refractivity contribution >= 4 is 23.8 Å². The SMILES string of the molecule is CSCCCCCNC(=O)N1CC(C(C)C(=O)O)C1. The summed E-state index contributed by atoms with van der Waals surface area (Å²) in [5.41, 5.74) is 0. The lowest BCUT2D eigenvalue weighted by Gasteiger charge is -2.41. The highest BCUT2D eigenvalue weighted by atomic mass is 32.2. The Morgan fingerprint density at radius 3 is 2.63 bits per heavy atom. The topological polar surface area (TPSA) is 69.6 Å². The molecule has 110 valence electrons. The van der Waals surface area contributed by atoms with Gasteiger partial charge in [0.25, 0.3) is 0 Å². The van der Waals surface area contributed by atoms with Crippen LogP contribution in [0.2, 0.25) is 0 Å². The van der Waals surface area contributed by atoms with Crippen molar-refractivity contribution in [1.29, 1.82) is 0 Å². The predicted octanol–water partition coefficient (Wildman–Crippen LogP) is 1.88. The highest BCUT2D eigenvalue weighted by Crippen LogP contribution is 2.23. The quantitative estimate of drug-likeness (QED) is 0.669. The molecule has 1 unspecified atom stereocenters. The van der Waals surface area contributed by atoms with Crippen LogP contribution in [0.5, 0.6) is 0 Å². The Hall–Kier alpha value is -0.910. The number of nitrogens with one attached hydrogen (secondary N) is 1. The van der Waals surface area contributed by atoms with E-state index in [1.54, 1.807) is 11.8 Å². The molecule has 0 spiro atoms. The van der Waals surface area contributed by atoms with E-state index in [-0.39, 0.29) is 17.9 Å². The number of unbranched alkanes of at least 4 members (excludes halogenated alkanes) is 2. The number of nitrogens with zero attached hydrogens (tertiary/aromatic N) is 1. The molecule has 2 N–H and O–H groups in total. The molecule has 0 radical (unpaired) electrons. The highest BCUT2D eigenvalue weighted by molar-refractivity contribution is 7.98. The molecule has 0 aromatic carbocycles. The molecule has 1 aliphatic rings. The molecule has 1 atom stereocenters. The van der Waals surface area contributed by atoms with Gasteiger partial charge in [0.05, 0.1) is 5.92 Å². The number of carbonyl (C=O) groups excluding carboxylic acids is 1. The van der Waals surface area contributed by atoms with Crippen LogP contribution in [-0.4, -0.2) is 53.6 Å². The van der Waals surface area contributed by atoms with Crippen LogP contribution in [0, 0.1) is 11.8 Å². The third-order valence-corrected chi connectivity index (χ3v) is 4.29. The predicted molar refractivity (Wildman–Crippen MR) is 77.5 cm³/mol. The van der Waals surface area contributed by atoms with Crippen molar-refractivity contribution in [2.45, 2.75) is 26.2 Å². The highest BCUT2D eigenvalue weighted by Gasteiger charge is 2.36. The third kappa shape index (κ3) is 5.30. The maximum atomic E-state index is 11.7. The first-order chi connectivity index (χ1) is 9.06. The summed E-state index contributed by atoms with van der Waals surface area (Å²) in [5.74, 6) is 0.133. The molecule has 1 rings (SSSR count). The number of carboxylic acid groups (broad SMARTS) is 1. The Balaban J connectivity index is 2.05. The van der Waals surface area contributed by atoms with Gasteiger partial charge in [0.2, 0.25) is 0 Å². The number of carbonyl (C=O) groups is 2. The van der Waals surface area contributed by atoms with Gasteiger partial charge in [0, 0.05) is 25.6 Å². The maximum Gasteiger partial charge on any atom is 0.317 e. The second-order valence-corrected chi connectivity index (χ2v) is 6.06. The number of hydrogen-bond acceptors (Lipinski definition) is 3. The second-order valence-electron chi connectivity index (χ2n) is 5.08. The second kappa shape index (κ2) is 8.30. The molecule has 6 heteroatoms. The molecule has 2 amide bonds. The van der Waals surface area contributed by atoms with Gasteiger partial charge >= 0.3 is 12.0 Å². The van der Waals surface area contributed by atoms with E-state index in [1.165, 1.54) is 12.2 Å². The van der Waals surface area contributed by atoms with Crippen LogP contribution in [0.4, 0.5) is 4.79 Å². The number of carboxylic acids is 1. The fraction of sp³-hybridized carbons (Fsp3) is 0.846. The molecule has 0 aromatic rings. The monoisotopic (exact) mass is 288 g/mol. The van der Waals surface area contributed by atoms with Gasteiger partial charge < -0.3 is 15.3 Å². The van der Waals surface area contributed by atoms with Crippen LogP contribution >= 0.6 is 11.8 Å². The van der Waals surface area contributed by atoms with E-state index >= 15 is 0 Å².